The van der Waals surface area contributed by atoms with Gasteiger partial charge in [0.05, 0.1) is 0 Å². The summed E-state index contributed by atoms with van der Waals surface area (Å²) in [5.41, 5.74) is 0. The van der Waals surface area contributed by atoms with Crippen LogP contribution in [-0.2, 0) is 17.4 Å². The molecule has 8 heteroatoms. The lowest BCUT2D eigenvalue weighted by molar-refractivity contribution is 0.114. The fourth-order valence-electron chi connectivity index (χ4n) is 3.36. The van der Waals surface area contributed by atoms with Gasteiger partial charge in [0.25, 0.3) is 0 Å². The molecule has 1 fully saturated rings. The molecule has 1 atom stereocenters. The standard InChI is InChI=1S/C17H40N2O4Si2/c1-6-8-12-18-13-10-17-25(21-4,22-5)23-24(20-3)16-11-15-19(24)14-9-7-2/h18H,6-17H2,1-5H3. The first kappa shape index (κ1) is 23.2. The van der Waals surface area contributed by atoms with Gasteiger partial charge in [0.2, 0.25) is 0 Å². The normalized spacial score (nSPS) is 22.0. The van der Waals surface area contributed by atoms with E-state index in [0.29, 0.717) is 0 Å². The van der Waals surface area contributed by atoms with Crippen molar-refractivity contribution >= 4 is 17.5 Å². The molecule has 0 aromatic carbocycles. The molecule has 0 amide bonds. The van der Waals surface area contributed by atoms with E-state index in [4.69, 9.17) is 17.4 Å². The average molecular weight is 393 g/mol. The van der Waals surface area contributed by atoms with Crippen molar-refractivity contribution in [1.29, 1.82) is 0 Å². The minimum absolute atomic E-state index is 0.832. The molecule has 1 aliphatic heterocycles. The summed E-state index contributed by atoms with van der Waals surface area (Å²) in [6, 6.07) is 1.84. The number of hydrogen-bond donors (Lipinski definition) is 1. The molecule has 0 radical (unpaired) electrons. The largest absolute Gasteiger partial charge is 0.492 e. The van der Waals surface area contributed by atoms with Crippen LogP contribution in [0.15, 0.2) is 0 Å². The third-order valence-corrected chi connectivity index (χ3v) is 12.7. The molecule has 150 valence electrons. The van der Waals surface area contributed by atoms with Crippen molar-refractivity contribution in [2.24, 2.45) is 0 Å². The van der Waals surface area contributed by atoms with Crippen LogP contribution in [0.2, 0.25) is 12.1 Å². The Hall–Kier alpha value is 0.194. The summed E-state index contributed by atoms with van der Waals surface area (Å²) in [6.07, 6.45) is 6.95. The highest BCUT2D eigenvalue weighted by Crippen LogP contribution is 2.33. The Balaban J connectivity index is 2.65. The third kappa shape index (κ3) is 7.02. The Morgan fingerprint density at radius 2 is 1.68 bits per heavy atom. The molecule has 0 saturated carbocycles. The fourth-order valence-corrected chi connectivity index (χ4v) is 11.2. The Morgan fingerprint density at radius 1 is 1.00 bits per heavy atom. The van der Waals surface area contributed by atoms with Gasteiger partial charge in [-0.05, 0) is 51.9 Å². The molecule has 1 N–H and O–H groups in total. The molecule has 1 unspecified atom stereocenters. The summed E-state index contributed by atoms with van der Waals surface area (Å²) >= 11 is 0. The van der Waals surface area contributed by atoms with E-state index >= 15 is 0 Å². The van der Waals surface area contributed by atoms with E-state index < -0.39 is 17.5 Å². The molecule has 0 bridgehead atoms. The predicted octanol–water partition coefficient (Wildman–Crippen LogP) is 3.11. The van der Waals surface area contributed by atoms with Crippen LogP contribution < -0.4 is 5.32 Å². The first-order valence-corrected chi connectivity index (χ1v) is 13.8. The van der Waals surface area contributed by atoms with Gasteiger partial charge in [-0.1, -0.05) is 26.7 Å². The summed E-state index contributed by atoms with van der Waals surface area (Å²) in [5.74, 6) is 0. The predicted molar refractivity (Wildman–Crippen MR) is 107 cm³/mol. The van der Waals surface area contributed by atoms with E-state index in [2.05, 4.69) is 23.7 Å². The highest BCUT2D eigenvalue weighted by atomic mass is 28.5. The highest BCUT2D eigenvalue weighted by molar-refractivity contribution is 6.77. The molecule has 25 heavy (non-hydrogen) atoms. The number of hydrogen-bond acceptors (Lipinski definition) is 6. The summed E-state index contributed by atoms with van der Waals surface area (Å²) in [5, 5.41) is 3.49. The van der Waals surface area contributed by atoms with Gasteiger partial charge in [0.15, 0.2) is 0 Å². The zero-order chi connectivity index (χ0) is 18.6. The zero-order valence-corrected chi connectivity index (χ0v) is 19.1. The van der Waals surface area contributed by atoms with Crippen molar-refractivity contribution in [1.82, 2.24) is 9.88 Å². The van der Waals surface area contributed by atoms with Crippen LogP contribution in [0.4, 0.5) is 0 Å². The van der Waals surface area contributed by atoms with Gasteiger partial charge in [0.1, 0.15) is 0 Å². The lowest BCUT2D eigenvalue weighted by Crippen LogP contribution is -2.62. The van der Waals surface area contributed by atoms with Crippen molar-refractivity contribution in [3.8, 4) is 0 Å². The second kappa shape index (κ2) is 12.6. The minimum Gasteiger partial charge on any atom is -0.386 e. The van der Waals surface area contributed by atoms with Gasteiger partial charge in [-0.15, -0.1) is 0 Å². The number of rotatable bonds is 15. The Kier molecular flexibility index (Phi) is 11.7. The molecule has 6 nitrogen and oxygen atoms in total. The first-order valence-electron chi connectivity index (χ1n) is 9.93. The molecule has 1 aliphatic rings. The zero-order valence-electron chi connectivity index (χ0n) is 17.1. The van der Waals surface area contributed by atoms with Crippen LogP contribution in [0.1, 0.15) is 52.4 Å². The monoisotopic (exact) mass is 392 g/mol. The van der Waals surface area contributed by atoms with Crippen molar-refractivity contribution in [3.63, 3.8) is 0 Å². The Morgan fingerprint density at radius 3 is 2.28 bits per heavy atom. The number of nitrogens with zero attached hydrogens (tertiary/aromatic N) is 1. The topological polar surface area (TPSA) is 52.2 Å². The van der Waals surface area contributed by atoms with E-state index in [1.165, 1.54) is 25.7 Å². The minimum atomic E-state index is -2.70. The van der Waals surface area contributed by atoms with Gasteiger partial charge >= 0.3 is 17.5 Å². The quantitative estimate of drug-likeness (QED) is 0.341. The van der Waals surface area contributed by atoms with Crippen LogP contribution >= 0.6 is 0 Å². The lowest BCUT2D eigenvalue weighted by atomic mass is 10.3. The van der Waals surface area contributed by atoms with E-state index in [9.17, 15) is 0 Å². The van der Waals surface area contributed by atoms with Crippen molar-refractivity contribution in [2.75, 3.05) is 47.5 Å². The molecule has 0 aliphatic carbocycles. The molecule has 1 saturated heterocycles. The number of unbranched alkanes of at least 4 members (excludes halogenated alkanes) is 2. The Bertz CT molecular complexity index is 349. The van der Waals surface area contributed by atoms with E-state index in [1.807, 2.05) is 0 Å². The third-order valence-electron chi connectivity index (χ3n) is 4.98. The van der Waals surface area contributed by atoms with Crippen molar-refractivity contribution < 1.29 is 17.4 Å². The van der Waals surface area contributed by atoms with Gasteiger partial charge in [-0.3, -0.25) is 4.57 Å². The fraction of sp³-hybridized carbons (Fsp3) is 1.00. The van der Waals surface area contributed by atoms with Crippen LogP contribution in [0.5, 0.6) is 0 Å². The van der Waals surface area contributed by atoms with Crippen molar-refractivity contribution in [3.05, 3.63) is 0 Å². The molecule has 1 rings (SSSR count). The van der Waals surface area contributed by atoms with Gasteiger partial charge in [0, 0.05) is 33.4 Å². The van der Waals surface area contributed by atoms with E-state index in [-0.39, 0.29) is 0 Å². The maximum atomic E-state index is 6.68. The Labute approximate surface area is 157 Å². The van der Waals surface area contributed by atoms with Crippen LogP contribution in [-0.4, -0.2) is 69.6 Å². The maximum Gasteiger partial charge on any atom is 0.492 e. The van der Waals surface area contributed by atoms with Crippen LogP contribution in [0.25, 0.3) is 0 Å². The highest BCUT2D eigenvalue weighted by Gasteiger charge is 2.55. The molecular formula is C17H40N2O4Si2. The number of nitrogens with one attached hydrogen (secondary N) is 1. The summed E-state index contributed by atoms with van der Waals surface area (Å²) in [4.78, 5) is 0. The maximum absolute atomic E-state index is 6.68. The van der Waals surface area contributed by atoms with Crippen LogP contribution in [0, 0.1) is 0 Å². The smallest absolute Gasteiger partial charge is 0.386 e. The van der Waals surface area contributed by atoms with Crippen LogP contribution in [0.3, 0.4) is 0 Å². The molecule has 1 heterocycles. The first-order chi connectivity index (χ1) is 12.1. The molecule has 0 aromatic heterocycles. The van der Waals surface area contributed by atoms with Gasteiger partial charge in [-0.2, -0.15) is 0 Å². The summed E-state index contributed by atoms with van der Waals surface area (Å²) in [7, 11) is 0.147. The van der Waals surface area contributed by atoms with E-state index in [1.54, 1.807) is 21.3 Å². The second-order valence-electron chi connectivity index (χ2n) is 6.76. The SMILES string of the molecule is CCCCNCCC[Si](OC)(OC)O[Si]1(OC)CCCN1CCCC. The second-order valence-corrected chi connectivity index (χ2v) is 13.2. The molecule has 0 spiro atoms. The van der Waals surface area contributed by atoms with E-state index in [0.717, 1.165) is 51.1 Å². The van der Waals surface area contributed by atoms with Crippen molar-refractivity contribution in [2.45, 2.75) is 64.5 Å². The molecule has 0 aromatic rings. The lowest BCUT2D eigenvalue weighted by Gasteiger charge is -2.39. The average Bonchev–Trinajstić information content (AvgIpc) is 3.04. The summed E-state index contributed by atoms with van der Waals surface area (Å²) in [6.45, 7) is 8.61. The van der Waals surface area contributed by atoms with Gasteiger partial charge in [-0.25, -0.2) is 0 Å². The molecular weight excluding hydrogens is 352 g/mol. The van der Waals surface area contributed by atoms with Gasteiger partial charge < -0.3 is 22.7 Å². The summed E-state index contributed by atoms with van der Waals surface area (Å²) < 4.78 is 26.9.